The number of carbonyl (C=O) groups excluding carboxylic acids is 1. The van der Waals surface area contributed by atoms with Crippen molar-refractivity contribution in [2.24, 2.45) is 0 Å². The third-order valence-electron chi connectivity index (χ3n) is 3.79. The Kier molecular flexibility index (Phi) is 6.50. The zero-order valence-electron chi connectivity index (χ0n) is 14.9. The van der Waals surface area contributed by atoms with Gasteiger partial charge in [-0.1, -0.05) is 0 Å². The number of sulfone groups is 1. The Morgan fingerprint density at radius 3 is 2.42 bits per heavy atom. The second kappa shape index (κ2) is 8.25. The molecule has 10 heteroatoms. The molecule has 0 unspecified atom stereocenters. The fourth-order valence-electron chi connectivity index (χ4n) is 2.32. The lowest BCUT2D eigenvalue weighted by Gasteiger charge is -2.17. The van der Waals surface area contributed by atoms with E-state index in [-0.39, 0.29) is 16.0 Å². The Bertz CT molecular complexity index is 907. The molecule has 0 aliphatic rings. The lowest BCUT2D eigenvalue weighted by atomic mass is 10.3. The van der Waals surface area contributed by atoms with Crippen LogP contribution in [0.3, 0.4) is 0 Å². The quantitative estimate of drug-likeness (QED) is 0.575. The number of halogens is 1. The largest absolute Gasteiger partial charge is 0.497 e. The third kappa shape index (κ3) is 3.80. The van der Waals surface area contributed by atoms with E-state index in [4.69, 9.17) is 9.47 Å². The molecule has 2 rings (SSSR count). The van der Waals surface area contributed by atoms with Crippen molar-refractivity contribution in [3.05, 3.63) is 28.0 Å². The minimum atomic E-state index is -3.96. The van der Waals surface area contributed by atoms with E-state index in [2.05, 4.69) is 5.10 Å². The summed E-state index contributed by atoms with van der Waals surface area (Å²) in [6, 6.07) is 3.93. The van der Waals surface area contributed by atoms with Crippen LogP contribution in [0.15, 0.2) is 34.3 Å². The van der Waals surface area contributed by atoms with Crippen molar-refractivity contribution in [2.45, 2.75) is 23.8 Å². The summed E-state index contributed by atoms with van der Waals surface area (Å²) in [4.78, 5) is 13.9. The van der Waals surface area contributed by atoms with E-state index in [1.54, 1.807) is 11.0 Å². The summed E-state index contributed by atoms with van der Waals surface area (Å²) < 4.78 is 37.9. The van der Waals surface area contributed by atoms with Crippen LogP contribution in [0.1, 0.15) is 13.8 Å². The molecule has 0 aliphatic carbocycles. The summed E-state index contributed by atoms with van der Waals surface area (Å²) in [5, 5.41) is 3.76. The highest BCUT2D eigenvalue weighted by atomic mass is 127. The van der Waals surface area contributed by atoms with Crippen LogP contribution in [0.25, 0.3) is 0 Å². The average Bonchev–Trinajstić information content (AvgIpc) is 3.13. The van der Waals surface area contributed by atoms with E-state index in [0.29, 0.717) is 28.2 Å². The van der Waals surface area contributed by atoms with Gasteiger partial charge in [-0.05, 0) is 42.5 Å². The smallest absolute Gasteiger partial charge is 0.344 e. The van der Waals surface area contributed by atoms with Gasteiger partial charge < -0.3 is 14.4 Å². The maximum atomic E-state index is 13.0. The molecule has 0 radical (unpaired) electrons. The van der Waals surface area contributed by atoms with Crippen molar-refractivity contribution in [3.8, 4) is 11.5 Å². The molecule has 0 fully saturated rings. The highest BCUT2D eigenvalue weighted by Gasteiger charge is 2.27. The van der Waals surface area contributed by atoms with Crippen molar-refractivity contribution in [1.29, 1.82) is 0 Å². The Morgan fingerprint density at radius 2 is 1.88 bits per heavy atom. The molecule has 26 heavy (non-hydrogen) atoms. The zero-order valence-corrected chi connectivity index (χ0v) is 17.9. The predicted molar refractivity (Wildman–Crippen MR) is 104 cm³/mol. The standard InChI is InChI=1S/C16H20IN3O5S/c1-5-19(6-2)16(21)20-8-7-14(18-20)26(22,23)13-10-11(24-3)9-12(25-4)15(13)17/h7-10H,5-6H2,1-4H3. The van der Waals surface area contributed by atoms with E-state index in [0.717, 1.165) is 4.68 Å². The number of ether oxygens (including phenoxy) is 2. The van der Waals surface area contributed by atoms with Crippen molar-refractivity contribution in [2.75, 3.05) is 27.3 Å². The first-order valence-corrected chi connectivity index (χ1v) is 10.4. The van der Waals surface area contributed by atoms with Gasteiger partial charge in [0.05, 0.1) is 22.7 Å². The second-order valence-corrected chi connectivity index (χ2v) is 8.14. The third-order valence-corrected chi connectivity index (χ3v) is 6.94. The van der Waals surface area contributed by atoms with Crippen LogP contribution in [0.5, 0.6) is 11.5 Å². The SMILES string of the molecule is CCN(CC)C(=O)n1ccc(S(=O)(=O)c2cc(OC)cc(OC)c2I)n1. The van der Waals surface area contributed by atoms with Gasteiger partial charge in [0, 0.05) is 31.4 Å². The van der Waals surface area contributed by atoms with Crippen molar-refractivity contribution < 1.29 is 22.7 Å². The Balaban J connectivity index is 2.51. The Hall–Kier alpha value is -1.82. The normalized spacial score (nSPS) is 11.3. The summed E-state index contributed by atoms with van der Waals surface area (Å²) in [6.45, 7) is 4.69. The Labute approximate surface area is 166 Å². The van der Waals surface area contributed by atoms with E-state index in [1.807, 2.05) is 36.4 Å². The molecule has 0 saturated heterocycles. The maximum Gasteiger partial charge on any atom is 0.344 e. The summed E-state index contributed by atoms with van der Waals surface area (Å²) in [7, 11) is -1.07. The molecular formula is C16H20IN3O5S. The predicted octanol–water partition coefficient (Wildman–Crippen LogP) is 2.65. The van der Waals surface area contributed by atoms with Gasteiger partial charge in [0.25, 0.3) is 0 Å². The fraction of sp³-hybridized carbons (Fsp3) is 0.375. The summed E-state index contributed by atoms with van der Waals surface area (Å²) in [6.07, 6.45) is 1.35. The molecular weight excluding hydrogens is 473 g/mol. The van der Waals surface area contributed by atoms with Crippen molar-refractivity contribution in [3.63, 3.8) is 0 Å². The molecule has 0 bridgehead atoms. The minimum absolute atomic E-state index is 0.00911. The van der Waals surface area contributed by atoms with Gasteiger partial charge in [0.1, 0.15) is 11.5 Å². The summed E-state index contributed by atoms with van der Waals surface area (Å²) in [5.41, 5.74) is 0. The fourth-order valence-corrected chi connectivity index (χ4v) is 4.99. The molecule has 1 amide bonds. The molecule has 1 heterocycles. The van der Waals surface area contributed by atoms with Crippen LogP contribution < -0.4 is 9.47 Å². The number of benzene rings is 1. The van der Waals surface area contributed by atoms with Crippen LogP contribution in [0.4, 0.5) is 4.79 Å². The monoisotopic (exact) mass is 493 g/mol. The van der Waals surface area contributed by atoms with E-state index >= 15 is 0 Å². The van der Waals surface area contributed by atoms with Crippen molar-refractivity contribution in [1.82, 2.24) is 14.7 Å². The van der Waals surface area contributed by atoms with Gasteiger partial charge in [0.15, 0.2) is 5.03 Å². The summed E-state index contributed by atoms with van der Waals surface area (Å²) in [5.74, 6) is 0.724. The first-order chi connectivity index (χ1) is 12.3. The number of aromatic nitrogens is 2. The van der Waals surface area contributed by atoms with Gasteiger partial charge in [-0.3, -0.25) is 0 Å². The molecule has 1 aromatic carbocycles. The number of hydrogen-bond donors (Lipinski definition) is 0. The summed E-state index contributed by atoms with van der Waals surface area (Å²) >= 11 is 1.90. The minimum Gasteiger partial charge on any atom is -0.497 e. The number of rotatable bonds is 6. The van der Waals surface area contributed by atoms with E-state index in [9.17, 15) is 13.2 Å². The molecule has 0 N–H and O–H groups in total. The van der Waals surface area contributed by atoms with Crippen LogP contribution in [0.2, 0.25) is 0 Å². The van der Waals surface area contributed by atoms with Gasteiger partial charge in [-0.25, -0.2) is 13.2 Å². The van der Waals surface area contributed by atoms with Gasteiger partial charge in [0.2, 0.25) is 9.84 Å². The molecule has 0 spiro atoms. The molecule has 8 nitrogen and oxygen atoms in total. The van der Waals surface area contributed by atoms with Crippen LogP contribution in [-0.2, 0) is 9.84 Å². The molecule has 142 valence electrons. The first kappa shape index (κ1) is 20.5. The van der Waals surface area contributed by atoms with Crippen LogP contribution in [-0.4, -0.2) is 56.4 Å². The number of nitrogens with zero attached hydrogens (tertiary/aromatic N) is 3. The molecule has 0 aliphatic heterocycles. The average molecular weight is 493 g/mol. The molecule has 2 aromatic rings. The van der Waals surface area contributed by atoms with Crippen LogP contribution in [0, 0.1) is 3.57 Å². The highest BCUT2D eigenvalue weighted by molar-refractivity contribution is 14.1. The first-order valence-electron chi connectivity index (χ1n) is 7.81. The number of amides is 1. The van der Waals surface area contributed by atoms with Gasteiger partial charge >= 0.3 is 6.03 Å². The van der Waals surface area contributed by atoms with E-state index in [1.165, 1.54) is 32.5 Å². The number of methoxy groups -OCH3 is 2. The maximum absolute atomic E-state index is 13.0. The second-order valence-electron chi connectivity index (χ2n) is 5.20. The zero-order chi connectivity index (χ0) is 19.5. The lowest BCUT2D eigenvalue weighted by molar-refractivity contribution is 0.201. The van der Waals surface area contributed by atoms with E-state index < -0.39 is 9.84 Å². The van der Waals surface area contributed by atoms with Gasteiger partial charge in [-0.15, -0.1) is 0 Å². The number of hydrogen-bond acceptors (Lipinski definition) is 6. The Morgan fingerprint density at radius 1 is 1.23 bits per heavy atom. The topological polar surface area (TPSA) is 90.7 Å². The number of carbonyl (C=O) groups is 1. The van der Waals surface area contributed by atoms with Gasteiger partial charge in [-0.2, -0.15) is 9.78 Å². The van der Waals surface area contributed by atoms with Crippen LogP contribution >= 0.6 is 22.6 Å². The molecule has 0 atom stereocenters. The lowest BCUT2D eigenvalue weighted by Crippen LogP contribution is -2.34. The highest BCUT2D eigenvalue weighted by Crippen LogP contribution is 2.35. The molecule has 0 saturated carbocycles. The van der Waals surface area contributed by atoms with Crippen molar-refractivity contribution >= 4 is 38.5 Å². The molecule has 1 aromatic heterocycles.